The lowest BCUT2D eigenvalue weighted by atomic mass is 9.98. The molecule has 2 N–H and O–H groups in total. The molecule has 96 valence electrons. The molecule has 4 heteroatoms. The van der Waals surface area contributed by atoms with Crippen molar-refractivity contribution < 1.29 is 4.79 Å². The Bertz CT molecular complexity index is 498. The van der Waals surface area contributed by atoms with Crippen LogP contribution in [0.15, 0.2) is 12.1 Å². The second-order valence-corrected chi connectivity index (χ2v) is 5.20. The predicted octanol–water partition coefficient (Wildman–Crippen LogP) is 1.17. The summed E-state index contributed by atoms with van der Waals surface area (Å²) in [5.74, 6) is 0.0747. The number of amides is 1. The Morgan fingerprint density at radius 2 is 2.11 bits per heavy atom. The van der Waals surface area contributed by atoms with E-state index in [1.165, 1.54) is 5.56 Å². The van der Waals surface area contributed by atoms with Crippen LogP contribution in [0.3, 0.4) is 0 Å². The summed E-state index contributed by atoms with van der Waals surface area (Å²) in [5, 5.41) is 6.51. The molecule has 0 bridgehead atoms. The van der Waals surface area contributed by atoms with Crippen LogP contribution < -0.4 is 15.5 Å². The van der Waals surface area contributed by atoms with Crippen molar-refractivity contribution >= 4 is 11.6 Å². The topological polar surface area (TPSA) is 44.4 Å². The summed E-state index contributed by atoms with van der Waals surface area (Å²) in [5.41, 5.74) is 4.23. The second-order valence-electron chi connectivity index (χ2n) is 5.20. The monoisotopic (exact) mass is 245 g/mol. The minimum absolute atomic E-state index is 0.0747. The molecule has 1 aromatic rings. The van der Waals surface area contributed by atoms with Crippen molar-refractivity contribution in [2.75, 3.05) is 24.5 Å². The lowest BCUT2D eigenvalue weighted by Crippen LogP contribution is -2.53. The largest absolute Gasteiger partial charge is 0.349 e. The molecule has 3 rings (SSSR count). The molecule has 1 atom stereocenters. The van der Waals surface area contributed by atoms with Crippen LogP contribution in [0.2, 0.25) is 0 Å². The average molecular weight is 245 g/mol. The Morgan fingerprint density at radius 3 is 2.94 bits per heavy atom. The van der Waals surface area contributed by atoms with Gasteiger partial charge in [-0.3, -0.25) is 4.79 Å². The Hall–Kier alpha value is -1.55. The maximum atomic E-state index is 12.2. The molecule has 1 amide bonds. The zero-order valence-corrected chi connectivity index (χ0v) is 10.9. The highest BCUT2D eigenvalue weighted by Crippen LogP contribution is 2.31. The van der Waals surface area contributed by atoms with Crippen LogP contribution in [0.1, 0.15) is 27.9 Å². The molecule has 2 aliphatic rings. The van der Waals surface area contributed by atoms with Gasteiger partial charge in [-0.2, -0.15) is 0 Å². The first-order chi connectivity index (χ1) is 8.66. The lowest BCUT2D eigenvalue weighted by Gasteiger charge is -2.38. The van der Waals surface area contributed by atoms with E-state index in [2.05, 4.69) is 34.6 Å². The van der Waals surface area contributed by atoms with Gasteiger partial charge in [-0.25, -0.2) is 0 Å². The third kappa shape index (κ3) is 1.77. The number of nitrogens with zero attached hydrogens (tertiary/aromatic N) is 1. The highest BCUT2D eigenvalue weighted by Gasteiger charge is 2.32. The minimum Gasteiger partial charge on any atom is -0.349 e. The molecular formula is C14H19N3O. The highest BCUT2D eigenvalue weighted by molar-refractivity contribution is 6.03. The summed E-state index contributed by atoms with van der Waals surface area (Å²) in [6.45, 7) is 6.98. The zero-order valence-electron chi connectivity index (χ0n) is 10.9. The van der Waals surface area contributed by atoms with Crippen molar-refractivity contribution in [1.29, 1.82) is 0 Å². The van der Waals surface area contributed by atoms with Gasteiger partial charge in [0.15, 0.2) is 0 Å². The van der Waals surface area contributed by atoms with Gasteiger partial charge in [0.1, 0.15) is 6.17 Å². The normalized spacial score (nSPS) is 22.9. The van der Waals surface area contributed by atoms with Gasteiger partial charge in [-0.1, -0.05) is 6.07 Å². The number of hydrogen-bond donors (Lipinski definition) is 2. The lowest BCUT2D eigenvalue weighted by molar-refractivity contribution is 0.0925. The first-order valence-corrected chi connectivity index (χ1v) is 6.56. The molecule has 1 fully saturated rings. The Balaban J connectivity index is 2.12. The van der Waals surface area contributed by atoms with E-state index in [4.69, 9.17) is 0 Å². The van der Waals surface area contributed by atoms with Crippen LogP contribution in [0, 0.1) is 13.8 Å². The molecular weight excluding hydrogens is 226 g/mol. The van der Waals surface area contributed by atoms with E-state index in [0.717, 1.165) is 42.9 Å². The molecule has 2 heterocycles. The fraction of sp³-hybridized carbons (Fsp3) is 0.500. The van der Waals surface area contributed by atoms with E-state index in [-0.39, 0.29) is 12.1 Å². The zero-order chi connectivity index (χ0) is 12.7. The molecule has 18 heavy (non-hydrogen) atoms. The molecule has 0 unspecified atom stereocenters. The number of hydrogen-bond acceptors (Lipinski definition) is 3. The molecule has 0 radical (unpaired) electrons. The Morgan fingerprint density at radius 1 is 1.28 bits per heavy atom. The summed E-state index contributed by atoms with van der Waals surface area (Å²) >= 11 is 0. The Kier molecular flexibility index (Phi) is 2.74. The predicted molar refractivity (Wildman–Crippen MR) is 72.0 cm³/mol. The van der Waals surface area contributed by atoms with Crippen LogP contribution in [0.5, 0.6) is 0 Å². The van der Waals surface area contributed by atoms with Gasteiger partial charge >= 0.3 is 0 Å². The summed E-state index contributed by atoms with van der Waals surface area (Å²) < 4.78 is 0. The molecule has 1 aromatic carbocycles. The number of fused-ring (bicyclic) bond motifs is 3. The van der Waals surface area contributed by atoms with E-state index in [0.29, 0.717) is 0 Å². The Labute approximate surface area is 107 Å². The third-order valence-corrected chi connectivity index (χ3v) is 3.79. The quantitative estimate of drug-likeness (QED) is 0.721. The average Bonchev–Trinajstić information content (AvgIpc) is 2.53. The SMILES string of the molecule is Cc1cc(C)c2c(c1)N1CCNCC[C@H]1NC2=O. The second kappa shape index (κ2) is 4.28. The number of nitrogens with one attached hydrogen (secondary N) is 2. The third-order valence-electron chi connectivity index (χ3n) is 3.79. The highest BCUT2D eigenvalue weighted by atomic mass is 16.2. The van der Waals surface area contributed by atoms with Crippen molar-refractivity contribution in [2.24, 2.45) is 0 Å². The van der Waals surface area contributed by atoms with Crippen LogP contribution in [0.4, 0.5) is 5.69 Å². The molecule has 4 nitrogen and oxygen atoms in total. The number of aryl methyl sites for hydroxylation is 2. The smallest absolute Gasteiger partial charge is 0.255 e. The molecule has 1 saturated heterocycles. The first kappa shape index (κ1) is 11.5. The molecule has 0 saturated carbocycles. The van der Waals surface area contributed by atoms with Gasteiger partial charge in [-0.05, 0) is 44.0 Å². The van der Waals surface area contributed by atoms with Gasteiger partial charge in [0.2, 0.25) is 0 Å². The van der Waals surface area contributed by atoms with Gasteiger partial charge in [0, 0.05) is 13.1 Å². The minimum atomic E-state index is 0.0747. The summed E-state index contributed by atoms with van der Waals surface area (Å²) in [4.78, 5) is 14.6. The maximum Gasteiger partial charge on any atom is 0.255 e. The van der Waals surface area contributed by atoms with E-state index in [1.54, 1.807) is 0 Å². The summed E-state index contributed by atoms with van der Waals surface area (Å²) in [6.07, 6.45) is 1.10. The van der Waals surface area contributed by atoms with E-state index in [9.17, 15) is 4.79 Å². The standard InChI is InChI=1S/C14H19N3O/c1-9-7-10(2)13-11(8-9)17-6-5-15-4-3-12(17)16-14(13)18/h7-8,12,15H,3-6H2,1-2H3,(H,16,18)/t12-/m0/s1. The van der Waals surface area contributed by atoms with Crippen LogP contribution in [-0.2, 0) is 0 Å². The number of carbonyl (C=O) groups is 1. The van der Waals surface area contributed by atoms with Gasteiger partial charge < -0.3 is 15.5 Å². The van der Waals surface area contributed by atoms with E-state index < -0.39 is 0 Å². The molecule has 0 aromatic heterocycles. The van der Waals surface area contributed by atoms with Crippen molar-refractivity contribution in [3.63, 3.8) is 0 Å². The van der Waals surface area contributed by atoms with Crippen molar-refractivity contribution in [3.8, 4) is 0 Å². The van der Waals surface area contributed by atoms with E-state index in [1.807, 2.05) is 6.92 Å². The van der Waals surface area contributed by atoms with Gasteiger partial charge in [0.25, 0.3) is 5.91 Å². The maximum absolute atomic E-state index is 12.2. The van der Waals surface area contributed by atoms with Crippen molar-refractivity contribution in [3.05, 3.63) is 28.8 Å². The van der Waals surface area contributed by atoms with Crippen LogP contribution in [-0.4, -0.2) is 31.7 Å². The molecule has 0 spiro atoms. The van der Waals surface area contributed by atoms with Gasteiger partial charge in [0.05, 0.1) is 11.3 Å². The number of rotatable bonds is 0. The number of carbonyl (C=O) groups excluding carboxylic acids is 1. The first-order valence-electron chi connectivity index (χ1n) is 6.56. The van der Waals surface area contributed by atoms with Crippen LogP contribution in [0.25, 0.3) is 0 Å². The number of benzene rings is 1. The van der Waals surface area contributed by atoms with E-state index >= 15 is 0 Å². The van der Waals surface area contributed by atoms with Crippen molar-refractivity contribution in [1.82, 2.24) is 10.6 Å². The van der Waals surface area contributed by atoms with Crippen molar-refractivity contribution in [2.45, 2.75) is 26.4 Å². The molecule has 0 aliphatic carbocycles. The summed E-state index contributed by atoms with van der Waals surface area (Å²) in [7, 11) is 0. The number of anilines is 1. The fourth-order valence-corrected chi connectivity index (χ4v) is 3.00. The van der Waals surface area contributed by atoms with Gasteiger partial charge in [-0.15, -0.1) is 0 Å². The van der Waals surface area contributed by atoms with Crippen LogP contribution >= 0.6 is 0 Å². The summed E-state index contributed by atoms with van der Waals surface area (Å²) in [6, 6.07) is 4.22. The molecule has 2 aliphatic heterocycles. The fourth-order valence-electron chi connectivity index (χ4n) is 3.00.